The minimum absolute atomic E-state index is 0.689. The van der Waals surface area contributed by atoms with Crippen LogP contribution in [0.15, 0.2) is 24.3 Å². The molecule has 0 saturated carbocycles. The van der Waals surface area contributed by atoms with E-state index in [1.165, 1.54) is 9.99 Å². The van der Waals surface area contributed by atoms with E-state index in [1.807, 2.05) is 12.1 Å². The highest BCUT2D eigenvalue weighted by Gasteiger charge is 2.14. The standard InChI is InChI=1S/C11H14INO/c12-10-1-3-11(4-2-10)14-8-9-5-6-13-7-9/h1-4,9,13H,5-8H2. The Morgan fingerprint density at radius 1 is 1.36 bits per heavy atom. The number of benzene rings is 1. The molecule has 0 bridgehead atoms. The van der Waals surface area contributed by atoms with Crippen LogP contribution in [0.3, 0.4) is 0 Å². The summed E-state index contributed by atoms with van der Waals surface area (Å²) in [6, 6.07) is 8.21. The number of halogens is 1. The molecule has 1 N–H and O–H groups in total. The molecular weight excluding hydrogens is 289 g/mol. The Morgan fingerprint density at radius 2 is 2.14 bits per heavy atom. The predicted octanol–water partition coefficient (Wildman–Crippen LogP) is 2.28. The van der Waals surface area contributed by atoms with Crippen molar-refractivity contribution in [2.45, 2.75) is 6.42 Å². The van der Waals surface area contributed by atoms with Gasteiger partial charge in [0.05, 0.1) is 6.61 Å². The van der Waals surface area contributed by atoms with Crippen molar-refractivity contribution < 1.29 is 4.74 Å². The van der Waals surface area contributed by atoms with Crippen molar-refractivity contribution in [3.63, 3.8) is 0 Å². The monoisotopic (exact) mass is 303 g/mol. The van der Waals surface area contributed by atoms with E-state index in [1.54, 1.807) is 0 Å². The molecule has 3 heteroatoms. The van der Waals surface area contributed by atoms with Crippen LogP contribution in [-0.4, -0.2) is 19.7 Å². The summed E-state index contributed by atoms with van der Waals surface area (Å²) in [5.41, 5.74) is 0. The summed E-state index contributed by atoms with van der Waals surface area (Å²) in [5, 5.41) is 3.34. The molecule has 0 amide bonds. The summed E-state index contributed by atoms with van der Waals surface area (Å²) in [4.78, 5) is 0. The van der Waals surface area contributed by atoms with Crippen molar-refractivity contribution in [3.05, 3.63) is 27.8 Å². The minimum atomic E-state index is 0.689. The van der Waals surface area contributed by atoms with Gasteiger partial charge in [-0.2, -0.15) is 0 Å². The fraction of sp³-hybridized carbons (Fsp3) is 0.455. The average Bonchev–Trinajstić information content (AvgIpc) is 2.70. The molecule has 1 saturated heterocycles. The predicted molar refractivity (Wildman–Crippen MR) is 65.6 cm³/mol. The highest BCUT2D eigenvalue weighted by molar-refractivity contribution is 14.1. The summed E-state index contributed by atoms with van der Waals surface area (Å²) < 4.78 is 6.95. The second-order valence-corrected chi connectivity index (χ2v) is 4.87. The van der Waals surface area contributed by atoms with Crippen LogP contribution in [0.25, 0.3) is 0 Å². The zero-order valence-electron chi connectivity index (χ0n) is 8.00. The van der Waals surface area contributed by atoms with Crippen LogP contribution in [0.2, 0.25) is 0 Å². The number of hydrogen-bond donors (Lipinski definition) is 1. The van der Waals surface area contributed by atoms with Crippen LogP contribution in [0.4, 0.5) is 0 Å². The van der Waals surface area contributed by atoms with E-state index < -0.39 is 0 Å². The zero-order valence-corrected chi connectivity index (χ0v) is 10.2. The summed E-state index contributed by atoms with van der Waals surface area (Å²) in [6.45, 7) is 3.08. The van der Waals surface area contributed by atoms with Gasteiger partial charge in [0.15, 0.2) is 0 Å². The van der Waals surface area contributed by atoms with Gasteiger partial charge < -0.3 is 10.1 Å². The molecule has 1 fully saturated rings. The Labute approximate surface area is 98.2 Å². The van der Waals surface area contributed by atoms with Crippen molar-refractivity contribution in [3.8, 4) is 5.75 Å². The normalized spacial score (nSPS) is 21.1. The Hall–Kier alpha value is -0.290. The lowest BCUT2D eigenvalue weighted by atomic mass is 10.1. The lowest BCUT2D eigenvalue weighted by Gasteiger charge is -2.10. The maximum absolute atomic E-state index is 5.70. The van der Waals surface area contributed by atoms with E-state index in [0.717, 1.165) is 25.4 Å². The number of hydrogen-bond acceptors (Lipinski definition) is 2. The second kappa shape index (κ2) is 4.98. The smallest absolute Gasteiger partial charge is 0.119 e. The van der Waals surface area contributed by atoms with E-state index in [2.05, 4.69) is 40.0 Å². The zero-order chi connectivity index (χ0) is 9.80. The summed E-state index contributed by atoms with van der Waals surface area (Å²) in [6.07, 6.45) is 1.24. The third-order valence-electron chi connectivity index (χ3n) is 2.46. The Kier molecular flexibility index (Phi) is 3.64. The van der Waals surface area contributed by atoms with E-state index >= 15 is 0 Å². The van der Waals surface area contributed by atoms with Crippen LogP contribution in [0.1, 0.15) is 6.42 Å². The molecule has 0 aromatic heterocycles. The topological polar surface area (TPSA) is 21.3 Å². The third kappa shape index (κ3) is 2.85. The number of ether oxygens (including phenoxy) is 1. The maximum Gasteiger partial charge on any atom is 0.119 e. The second-order valence-electron chi connectivity index (χ2n) is 3.62. The van der Waals surface area contributed by atoms with Gasteiger partial charge in [0.25, 0.3) is 0 Å². The van der Waals surface area contributed by atoms with E-state index in [0.29, 0.717) is 5.92 Å². The molecule has 1 heterocycles. The number of rotatable bonds is 3. The molecule has 1 aromatic rings. The third-order valence-corrected chi connectivity index (χ3v) is 3.18. The van der Waals surface area contributed by atoms with E-state index in [9.17, 15) is 0 Å². The van der Waals surface area contributed by atoms with Gasteiger partial charge in [-0.15, -0.1) is 0 Å². The molecule has 14 heavy (non-hydrogen) atoms. The lowest BCUT2D eigenvalue weighted by Crippen LogP contribution is -2.15. The Balaban J connectivity index is 1.82. The highest BCUT2D eigenvalue weighted by Crippen LogP contribution is 2.15. The van der Waals surface area contributed by atoms with Crippen LogP contribution >= 0.6 is 22.6 Å². The van der Waals surface area contributed by atoms with Crippen molar-refractivity contribution >= 4 is 22.6 Å². The van der Waals surface area contributed by atoms with Crippen molar-refractivity contribution in [1.82, 2.24) is 5.32 Å². The van der Waals surface area contributed by atoms with Gasteiger partial charge in [-0.3, -0.25) is 0 Å². The molecule has 0 spiro atoms. The highest BCUT2D eigenvalue weighted by atomic mass is 127. The Bertz CT molecular complexity index is 280. The molecule has 2 rings (SSSR count). The first-order valence-electron chi connectivity index (χ1n) is 4.94. The van der Waals surface area contributed by atoms with Crippen LogP contribution < -0.4 is 10.1 Å². The van der Waals surface area contributed by atoms with Gasteiger partial charge in [-0.1, -0.05) is 0 Å². The summed E-state index contributed by atoms with van der Waals surface area (Å²) in [7, 11) is 0. The van der Waals surface area contributed by atoms with Crippen molar-refractivity contribution in [1.29, 1.82) is 0 Å². The fourth-order valence-electron chi connectivity index (χ4n) is 1.60. The van der Waals surface area contributed by atoms with Gasteiger partial charge in [-0.25, -0.2) is 0 Å². The fourth-order valence-corrected chi connectivity index (χ4v) is 1.96. The Morgan fingerprint density at radius 3 is 2.79 bits per heavy atom. The lowest BCUT2D eigenvalue weighted by molar-refractivity contribution is 0.260. The molecule has 2 nitrogen and oxygen atoms in total. The van der Waals surface area contributed by atoms with Crippen LogP contribution in [0, 0.1) is 9.49 Å². The molecular formula is C11H14INO. The number of nitrogens with one attached hydrogen (secondary N) is 1. The first kappa shape index (κ1) is 10.2. The SMILES string of the molecule is Ic1ccc(OCC2CCNC2)cc1. The largest absolute Gasteiger partial charge is 0.493 e. The van der Waals surface area contributed by atoms with E-state index in [-0.39, 0.29) is 0 Å². The molecule has 1 aliphatic heterocycles. The van der Waals surface area contributed by atoms with E-state index in [4.69, 9.17) is 4.74 Å². The molecule has 1 aliphatic rings. The van der Waals surface area contributed by atoms with Gasteiger partial charge in [0.2, 0.25) is 0 Å². The molecule has 1 atom stereocenters. The minimum Gasteiger partial charge on any atom is -0.493 e. The first-order chi connectivity index (χ1) is 6.84. The van der Waals surface area contributed by atoms with Crippen LogP contribution in [-0.2, 0) is 0 Å². The molecule has 76 valence electrons. The average molecular weight is 303 g/mol. The molecule has 1 unspecified atom stereocenters. The molecule has 0 radical (unpaired) electrons. The van der Waals surface area contributed by atoms with Gasteiger partial charge in [0, 0.05) is 16.0 Å². The molecule has 1 aromatic carbocycles. The van der Waals surface area contributed by atoms with Crippen molar-refractivity contribution in [2.24, 2.45) is 5.92 Å². The first-order valence-corrected chi connectivity index (χ1v) is 6.01. The van der Waals surface area contributed by atoms with Gasteiger partial charge >= 0.3 is 0 Å². The summed E-state index contributed by atoms with van der Waals surface area (Å²) >= 11 is 2.30. The molecule has 0 aliphatic carbocycles. The van der Waals surface area contributed by atoms with Gasteiger partial charge in [-0.05, 0) is 59.8 Å². The summed E-state index contributed by atoms with van der Waals surface area (Å²) in [5.74, 6) is 1.67. The quantitative estimate of drug-likeness (QED) is 0.865. The van der Waals surface area contributed by atoms with Gasteiger partial charge in [0.1, 0.15) is 5.75 Å². The van der Waals surface area contributed by atoms with Crippen molar-refractivity contribution in [2.75, 3.05) is 19.7 Å². The van der Waals surface area contributed by atoms with Crippen LogP contribution in [0.5, 0.6) is 5.75 Å². The maximum atomic E-state index is 5.70.